The Morgan fingerprint density at radius 1 is 1.23 bits per heavy atom. The van der Waals surface area contributed by atoms with Gasteiger partial charge in [-0.2, -0.15) is 0 Å². The highest BCUT2D eigenvalue weighted by atomic mass is 127. The van der Waals surface area contributed by atoms with Gasteiger partial charge in [0.15, 0.2) is 5.96 Å². The SMILES string of the molecule is CN=C(NCC1CC1)NCC(c1ccc(C)cc1)N(C)C.I. The molecule has 0 aliphatic heterocycles. The van der Waals surface area contributed by atoms with E-state index >= 15 is 0 Å². The minimum Gasteiger partial charge on any atom is -0.356 e. The first-order valence-corrected chi connectivity index (χ1v) is 7.77. The second kappa shape index (κ2) is 9.35. The summed E-state index contributed by atoms with van der Waals surface area (Å²) in [5.74, 6) is 1.76. The van der Waals surface area contributed by atoms with Crippen molar-refractivity contribution < 1.29 is 0 Å². The fourth-order valence-electron chi connectivity index (χ4n) is 2.36. The Morgan fingerprint density at radius 2 is 1.86 bits per heavy atom. The number of benzene rings is 1. The molecule has 4 nitrogen and oxygen atoms in total. The Kier molecular flexibility index (Phi) is 8.17. The van der Waals surface area contributed by atoms with Crippen LogP contribution in [-0.4, -0.2) is 45.1 Å². The number of aliphatic imine (C=N–C) groups is 1. The molecular formula is C17H29IN4. The molecule has 2 rings (SSSR count). The monoisotopic (exact) mass is 416 g/mol. The smallest absolute Gasteiger partial charge is 0.191 e. The molecule has 5 heteroatoms. The van der Waals surface area contributed by atoms with E-state index in [1.165, 1.54) is 24.0 Å². The summed E-state index contributed by atoms with van der Waals surface area (Å²) in [6.45, 7) is 4.01. The number of halogens is 1. The molecule has 1 fully saturated rings. The lowest BCUT2D eigenvalue weighted by Crippen LogP contribution is -2.42. The van der Waals surface area contributed by atoms with Gasteiger partial charge in [-0.1, -0.05) is 29.8 Å². The van der Waals surface area contributed by atoms with Gasteiger partial charge in [-0.15, -0.1) is 24.0 Å². The topological polar surface area (TPSA) is 39.7 Å². The van der Waals surface area contributed by atoms with Gasteiger partial charge in [0.25, 0.3) is 0 Å². The van der Waals surface area contributed by atoms with Gasteiger partial charge in [0, 0.05) is 20.1 Å². The summed E-state index contributed by atoms with van der Waals surface area (Å²) in [7, 11) is 6.07. The molecule has 1 unspecified atom stereocenters. The standard InChI is InChI=1S/C17H28N4.HI/c1-13-5-9-15(10-6-13)16(21(3)4)12-20-17(18-2)19-11-14-7-8-14;/h5-6,9-10,14,16H,7-8,11-12H2,1-4H3,(H2,18,19,20);1H. The molecule has 0 spiro atoms. The Bertz CT molecular complexity index is 466. The molecule has 0 saturated heterocycles. The normalized spacial score (nSPS) is 16.1. The summed E-state index contributed by atoms with van der Waals surface area (Å²) in [5.41, 5.74) is 2.63. The first-order chi connectivity index (χ1) is 10.1. The van der Waals surface area contributed by atoms with Crippen molar-refractivity contribution in [1.29, 1.82) is 0 Å². The van der Waals surface area contributed by atoms with Crippen molar-refractivity contribution in [3.8, 4) is 0 Å². The highest BCUT2D eigenvalue weighted by molar-refractivity contribution is 14.0. The molecule has 1 aliphatic rings. The number of aryl methyl sites for hydroxylation is 1. The number of guanidine groups is 1. The van der Waals surface area contributed by atoms with Crippen LogP contribution >= 0.6 is 24.0 Å². The molecule has 124 valence electrons. The van der Waals surface area contributed by atoms with Crippen LogP contribution < -0.4 is 10.6 Å². The maximum Gasteiger partial charge on any atom is 0.191 e. The number of hydrogen-bond acceptors (Lipinski definition) is 2. The lowest BCUT2D eigenvalue weighted by Gasteiger charge is -2.26. The molecule has 22 heavy (non-hydrogen) atoms. The van der Waals surface area contributed by atoms with Crippen LogP contribution in [0.1, 0.15) is 30.0 Å². The van der Waals surface area contributed by atoms with Gasteiger partial charge in [-0.05, 0) is 45.3 Å². The number of nitrogens with zero attached hydrogens (tertiary/aromatic N) is 2. The highest BCUT2D eigenvalue weighted by Gasteiger charge is 2.21. The fourth-order valence-corrected chi connectivity index (χ4v) is 2.36. The third kappa shape index (κ3) is 6.12. The quantitative estimate of drug-likeness (QED) is 0.426. The predicted octanol–water partition coefficient (Wildman–Crippen LogP) is 2.79. The van der Waals surface area contributed by atoms with Gasteiger partial charge in [-0.25, -0.2) is 0 Å². The van der Waals surface area contributed by atoms with Crippen LogP contribution in [-0.2, 0) is 0 Å². The molecule has 0 amide bonds. The molecule has 0 heterocycles. The van der Waals surface area contributed by atoms with E-state index in [0.29, 0.717) is 6.04 Å². The van der Waals surface area contributed by atoms with E-state index in [2.05, 4.69) is 65.8 Å². The Balaban J connectivity index is 0.00000242. The van der Waals surface area contributed by atoms with Crippen LogP contribution in [0.4, 0.5) is 0 Å². The van der Waals surface area contributed by atoms with Crippen LogP contribution in [0.5, 0.6) is 0 Å². The minimum atomic E-state index is 0. The summed E-state index contributed by atoms with van der Waals surface area (Å²) in [5, 5.41) is 6.85. The average Bonchev–Trinajstić information content (AvgIpc) is 3.28. The second-order valence-electron chi connectivity index (χ2n) is 6.17. The van der Waals surface area contributed by atoms with Crippen molar-refractivity contribution in [3.05, 3.63) is 35.4 Å². The van der Waals surface area contributed by atoms with E-state index in [9.17, 15) is 0 Å². The number of rotatable bonds is 6. The Hall–Kier alpha value is -0.820. The fraction of sp³-hybridized carbons (Fsp3) is 0.588. The zero-order chi connectivity index (χ0) is 15.2. The molecule has 2 N–H and O–H groups in total. The van der Waals surface area contributed by atoms with Gasteiger partial charge in [0.1, 0.15) is 0 Å². The average molecular weight is 416 g/mol. The molecule has 1 aromatic carbocycles. The highest BCUT2D eigenvalue weighted by Crippen LogP contribution is 2.27. The first kappa shape index (κ1) is 19.2. The lowest BCUT2D eigenvalue weighted by molar-refractivity contribution is 0.298. The van der Waals surface area contributed by atoms with Crippen molar-refractivity contribution >= 4 is 29.9 Å². The zero-order valence-corrected chi connectivity index (χ0v) is 16.4. The maximum atomic E-state index is 4.30. The molecule has 0 radical (unpaired) electrons. The van der Waals surface area contributed by atoms with E-state index in [0.717, 1.165) is 25.0 Å². The van der Waals surface area contributed by atoms with Crippen molar-refractivity contribution in [2.75, 3.05) is 34.2 Å². The van der Waals surface area contributed by atoms with E-state index in [1.54, 1.807) is 0 Å². The number of likely N-dealkylation sites (N-methyl/N-ethyl adjacent to an activating group) is 1. The van der Waals surface area contributed by atoms with E-state index in [1.807, 2.05) is 7.05 Å². The minimum absolute atomic E-state index is 0. The molecule has 1 aromatic rings. The summed E-state index contributed by atoms with van der Waals surface area (Å²) < 4.78 is 0. The molecule has 1 aliphatic carbocycles. The second-order valence-corrected chi connectivity index (χ2v) is 6.17. The summed E-state index contributed by atoms with van der Waals surface area (Å²) in [6.07, 6.45) is 2.71. The molecule has 1 saturated carbocycles. The number of nitrogens with one attached hydrogen (secondary N) is 2. The van der Waals surface area contributed by atoms with Crippen LogP contribution in [0.25, 0.3) is 0 Å². The molecule has 0 bridgehead atoms. The van der Waals surface area contributed by atoms with Crippen molar-refractivity contribution in [3.63, 3.8) is 0 Å². The molecular weight excluding hydrogens is 387 g/mol. The van der Waals surface area contributed by atoms with Crippen molar-refractivity contribution in [1.82, 2.24) is 15.5 Å². The Labute approximate surface area is 151 Å². The lowest BCUT2D eigenvalue weighted by atomic mass is 10.0. The van der Waals surface area contributed by atoms with E-state index in [4.69, 9.17) is 0 Å². The largest absolute Gasteiger partial charge is 0.356 e. The maximum absolute atomic E-state index is 4.30. The predicted molar refractivity (Wildman–Crippen MR) is 105 cm³/mol. The summed E-state index contributed by atoms with van der Waals surface area (Å²) in [6, 6.07) is 9.10. The van der Waals surface area contributed by atoms with Crippen molar-refractivity contribution in [2.45, 2.75) is 25.8 Å². The van der Waals surface area contributed by atoms with Gasteiger partial charge in [0.05, 0.1) is 6.04 Å². The van der Waals surface area contributed by atoms with Crippen LogP contribution in [0.3, 0.4) is 0 Å². The third-order valence-electron chi connectivity index (χ3n) is 4.03. The van der Waals surface area contributed by atoms with Gasteiger partial charge < -0.3 is 15.5 Å². The van der Waals surface area contributed by atoms with Crippen LogP contribution in [0.15, 0.2) is 29.3 Å². The summed E-state index contributed by atoms with van der Waals surface area (Å²) >= 11 is 0. The van der Waals surface area contributed by atoms with Crippen LogP contribution in [0, 0.1) is 12.8 Å². The van der Waals surface area contributed by atoms with Gasteiger partial charge in [0.2, 0.25) is 0 Å². The summed E-state index contributed by atoms with van der Waals surface area (Å²) in [4.78, 5) is 6.54. The van der Waals surface area contributed by atoms with Crippen molar-refractivity contribution in [2.24, 2.45) is 10.9 Å². The van der Waals surface area contributed by atoms with E-state index in [-0.39, 0.29) is 24.0 Å². The first-order valence-electron chi connectivity index (χ1n) is 7.77. The van der Waals surface area contributed by atoms with Crippen LogP contribution in [0.2, 0.25) is 0 Å². The van der Waals surface area contributed by atoms with Gasteiger partial charge >= 0.3 is 0 Å². The zero-order valence-electron chi connectivity index (χ0n) is 14.1. The van der Waals surface area contributed by atoms with E-state index < -0.39 is 0 Å². The Morgan fingerprint density at radius 3 is 2.36 bits per heavy atom. The third-order valence-corrected chi connectivity index (χ3v) is 4.03. The number of hydrogen-bond donors (Lipinski definition) is 2. The molecule has 1 atom stereocenters. The molecule has 0 aromatic heterocycles. The van der Waals surface area contributed by atoms with Gasteiger partial charge in [-0.3, -0.25) is 4.99 Å².